The molecule has 0 fully saturated rings. The number of thiazole rings is 1. The molecule has 3 aromatic heterocycles. The zero-order chi connectivity index (χ0) is 18.8. The molecule has 0 aliphatic carbocycles. The fourth-order valence-electron chi connectivity index (χ4n) is 2.68. The average Bonchev–Trinajstić information content (AvgIpc) is 3.14. The second kappa shape index (κ2) is 7.30. The van der Waals surface area contributed by atoms with Gasteiger partial charge in [0, 0.05) is 35.8 Å². The van der Waals surface area contributed by atoms with Crippen molar-refractivity contribution in [3.8, 4) is 21.7 Å². The van der Waals surface area contributed by atoms with Crippen LogP contribution < -0.4 is 0 Å². The van der Waals surface area contributed by atoms with Gasteiger partial charge in [-0.1, -0.05) is 6.07 Å². The van der Waals surface area contributed by atoms with Gasteiger partial charge in [-0.05, 0) is 42.0 Å². The minimum Gasteiger partial charge on any atom is -0.381 e. The highest BCUT2D eigenvalue weighted by Crippen LogP contribution is 2.40. The van der Waals surface area contributed by atoms with Crippen LogP contribution in [0.25, 0.3) is 21.7 Å². The summed E-state index contributed by atoms with van der Waals surface area (Å²) in [5, 5.41) is 11.1. The number of benzene rings is 1. The number of aromatic nitrogens is 3. The van der Waals surface area contributed by atoms with Gasteiger partial charge in [0.1, 0.15) is 16.9 Å². The Balaban J connectivity index is 1.85. The van der Waals surface area contributed by atoms with Crippen molar-refractivity contribution in [1.29, 1.82) is 0 Å². The van der Waals surface area contributed by atoms with E-state index < -0.39 is 12.1 Å². The van der Waals surface area contributed by atoms with Crippen molar-refractivity contribution in [2.24, 2.45) is 0 Å². The summed E-state index contributed by atoms with van der Waals surface area (Å²) in [6.07, 6.45) is 3.59. The maximum atomic E-state index is 13.6. The molecular weight excluding hydrogens is 368 g/mol. The summed E-state index contributed by atoms with van der Waals surface area (Å²) < 4.78 is 26.9. The Kier molecular flexibility index (Phi) is 4.70. The minimum atomic E-state index is -0.969. The Morgan fingerprint density at radius 1 is 0.963 bits per heavy atom. The quantitative estimate of drug-likeness (QED) is 0.524. The first-order chi connectivity index (χ1) is 13.1. The zero-order valence-corrected chi connectivity index (χ0v) is 14.7. The van der Waals surface area contributed by atoms with Crippen molar-refractivity contribution in [3.63, 3.8) is 0 Å². The minimum absolute atomic E-state index is 0.360. The van der Waals surface area contributed by atoms with Gasteiger partial charge >= 0.3 is 0 Å². The third-order valence-corrected chi connectivity index (χ3v) is 5.14. The first-order valence-corrected chi connectivity index (χ1v) is 8.90. The largest absolute Gasteiger partial charge is 0.381 e. The molecule has 1 N–H and O–H groups in total. The fourth-order valence-corrected chi connectivity index (χ4v) is 3.78. The lowest BCUT2D eigenvalue weighted by molar-refractivity contribution is 0.219. The molecule has 0 amide bonds. The number of rotatable bonds is 4. The van der Waals surface area contributed by atoms with Crippen molar-refractivity contribution >= 4 is 11.3 Å². The summed E-state index contributed by atoms with van der Waals surface area (Å²) in [6.45, 7) is 0. The third kappa shape index (κ3) is 3.60. The van der Waals surface area contributed by atoms with Crippen molar-refractivity contribution in [2.45, 2.75) is 6.10 Å². The van der Waals surface area contributed by atoms with Crippen LogP contribution in [0.5, 0.6) is 0 Å². The van der Waals surface area contributed by atoms with Crippen LogP contribution in [0.2, 0.25) is 0 Å². The molecular formula is C20H13F2N3OS. The standard InChI is InChI=1S/C20H13F2N3OS/c21-15-5-3-12(4-6-15)17-19(13-7-9-24-16(22)10-13)27-20(25-17)18(26)14-2-1-8-23-11-14/h1-11,18,26H. The number of halogens is 2. The molecule has 0 saturated heterocycles. The van der Waals surface area contributed by atoms with Crippen LogP contribution in [0.15, 0.2) is 67.1 Å². The molecule has 0 bridgehead atoms. The Morgan fingerprint density at radius 3 is 2.48 bits per heavy atom. The number of aliphatic hydroxyl groups is 1. The van der Waals surface area contributed by atoms with Gasteiger partial charge in [-0.25, -0.2) is 14.4 Å². The average molecular weight is 381 g/mol. The molecule has 134 valence electrons. The van der Waals surface area contributed by atoms with Crippen molar-refractivity contribution in [2.75, 3.05) is 0 Å². The van der Waals surface area contributed by atoms with Gasteiger partial charge in [0.05, 0.1) is 10.6 Å². The summed E-state index contributed by atoms with van der Waals surface area (Å²) in [5.74, 6) is -0.971. The molecule has 0 radical (unpaired) electrons. The van der Waals surface area contributed by atoms with Gasteiger partial charge in [-0.15, -0.1) is 11.3 Å². The molecule has 4 nitrogen and oxygen atoms in total. The van der Waals surface area contributed by atoms with E-state index in [2.05, 4.69) is 15.0 Å². The monoisotopic (exact) mass is 381 g/mol. The van der Waals surface area contributed by atoms with Crippen LogP contribution in [0.3, 0.4) is 0 Å². The van der Waals surface area contributed by atoms with Gasteiger partial charge in [-0.3, -0.25) is 4.98 Å². The summed E-state index contributed by atoms with van der Waals surface area (Å²) in [7, 11) is 0. The molecule has 4 aromatic rings. The maximum absolute atomic E-state index is 13.6. The number of nitrogens with zero attached hydrogens (tertiary/aromatic N) is 3. The van der Waals surface area contributed by atoms with E-state index in [1.807, 2.05) is 0 Å². The van der Waals surface area contributed by atoms with Crippen molar-refractivity contribution < 1.29 is 13.9 Å². The fraction of sp³-hybridized carbons (Fsp3) is 0.0500. The van der Waals surface area contributed by atoms with E-state index in [1.54, 1.807) is 42.7 Å². The SMILES string of the molecule is OC(c1cccnc1)c1nc(-c2ccc(F)cc2)c(-c2ccnc(F)c2)s1. The Bertz CT molecular complexity index is 1070. The Labute approximate surface area is 157 Å². The summed E-state index contributed by atoms with van der Waals surface area (Å²) in [5.41, 5.74) is 2.40. The van der Waals surface area contributed by atoms with E-state index in [1.165, 1.54) is 35.7 Å². The Morgan fingerprint density at radius 2 is 1.78 bits per heavy atom. The predicted molar refractivity (Wildman–Crippen MR) is 99.0 cm³/mol. The highest BCUT2D eigenvalue weighted by Gasteiger charge is 2.21. The lowest BCUT2D eigenvalue weighted by Crippen LogP contribution is -1.99. The molecule has 1 unspecified atom stereocenters. The van der Waals surface area contributed by atoms with Crippen LogP contribution in [-0.4, -0.2) is 20.1 Å². The van der Waals surface area contributed by atoms with Gasteiger partial charge < -0.3 is 5.11 Å². The first kappa shape index (κ1) is 17.4. The lowest BCUT2D eigenvalue weighted by Gasteiger charge is -2.06. The van der Waals surface area contributed by atoms with Gasteiger partial charge in [0.25, 0.3) is 0 Å². The highest BCUT2D eigenvalue weighted by molar-refractivity contribution is 7.15. The molecule has 0 aliphatic heterocycles. The number of hydrogen-bond donors (Lipinski definition) is 1. The maximum Gasteiger partial charge on any atom is 0.213 e. The number of pyridine rings is 2. The van der Waals surface area contributed by atoms with Gasteiger partial charge in [-0.2, -0.15) is 4.39 Å². The molecule has 0 aliphatic rings. The first-order valence-electron chi connectivity index (χ1n) is 8.08. The van der Waals surface area contributed by atoms with E-state index in [-0.39, 0.29) is 5.82 Å². The van der Waals surface area contributed by atoms with Crippen LogP contribution in [0, 0.1) is 11.8 Å². The topological polar surface area (TPSA) is 58.9 Å². The molecule has 1 aromatic carbocycles. The number of hydrogen-bond acceptors (Lipinski definition) is 5. The molecule has 7 heteroatoms. The van der Waals surface area contributed by atoms with E-state index in [4.69, 9.17) is 0 Å². The summed E-state index contributed by atoms with van der Waals surface area (Å²) in [6, 6.07) is 12.3. The molecule has 1 atom stereocenters. The number of aliphatic hydroxyl groups excluding tert-OH is 1. The van der Waals surface area contributed by atoms with Gasteiger partial charge in [0.15, 0.2) is 0 Å². The van der Waals surface area contributed by atoms with Crippen LogP contribution in [0.1, 0.15) is 16.7 Å². The second-order valence-corrected chi connectivity index (χ2v) is 6.82. The summed E-state index contributed by atoms with van der Waals surface area (Å²) >= 11 is 1.25. The van der Waals surface area contributed by atoms with Gasteiger partial charge in [0.2, 0.25) is 5.95 Å². The molecule has 4 rings (SSSR count). The smallest absolute Gasteiger partial charge is 0.213 e. The van der Waals surface area contributed by atoms with Crippen LogP contribution >= 0.6 is 11.3 Å². The normalized spacial score (nSPS) is 12.1. The van der Waals surface area contributed by atoms with Crippen LogP contribution in [0.4, 0.5) is 8.78 Å². The Hall–Kier alpha value is -3.03. The van der Waals surface area contributed by atoms with E-state index in [9.17, 15) is 13.9 Å². The van der Waals surface area contributed by atoms with Crippen molar-refractivity contribution in [1.82, 2.24) is 15.0 Å². The lowest BCUT2D eigenvalue weighted by atomic mass is 10.1. The van der Waals surface area contributed by atoms with E-state index in [0.717, 1.165) is 0 Å². The second-order valence-electron chi connectivity index (χ2n) is 5.79. The van der Waals surface area contributed by atoms with Crippen LogP contribution in [-0.2, 0) is 0 Å². The van der Waals surface area contributed by atoms with E-state index in [0.29, 0.717) is 32.3 Å². The predicted octanol–water partition coefficient (Wildman–Crippen LogP) is 4.63. The molecule has 27 heavy (non-hydrogen) atoms. The summed E-state index contributed by atoms with van der Waals surface area (Å²) in [4.78, 5) is 12.8. The molecule has 0 saturated carbocycles. The molecule has 0 spiro atoms. The zero-order valence-electron chi connectivity index (χ0n) is 13.9. The highest BCUT2D eigenvalue weighted by atomic mass is 32.1. The molecule has 3 heterocycles. The van der Waals surface area contributed by atoms with E-state index >= 15 is 0 Å². The van der Waals surface area contributed by atoms with Crippen molar-refractivity contribution in [3.05, 3.63) is 89.5 Å². The third-order valence-electron chi connectivity index (χ3n) is 3.98.